The van der Waals surface area contributed by atoms with Gasteiger partial charge in [-0.1, -0.05) is 37.6 Å². The average molecular weight is 608 g/mol. The lowest BCUT2D eigenvalue weighted by Gasteiger charge is -2.31. The summed E-state index contributed by atoms with van der Waals surface area (Å²) in [6.45, 7) is 6.12. The molecule has 0 unspecified atom stereocenters. The smallest absolute Gasteiger partial charge is 0.308 e. The van der Waals surface area contributed by atoms with Crippen LogP contribution in [0, 0.1) is 5.92 Å². The summed E-state index contributed by atoms with van der Waals surface area (Å²) < 4.78 is 11.9. The summed E-state index contributed by atoms with van der Waals surface area (Å²) in [6.07, 6.45) is 3.28. The van der Waals surface area contributed by atoms with Gasteiger partial charge in [-0.25, -0.2) is 0 Å². The standard InChI is InChI=1S/C34H46N4O6/c1-5-6-15-35(16-9-18-38(2,3)4)31(39)22-37-21-27(24-12-13-29-30(19-24)44-23-43-29)32(34(41)42)28(37)14-17-36-20-25-10-7-8-11-26(25)33(36)40/h7-8,10-13,19,27-28,32H,5-6,9,14-18,20-23H2,1-4H3/p+1/t27-,28+,32-/m1/s1. The third-order valence-electron chi connectivity index (χ3n) is 9.18. The quantitative estimate of drug-likeness (QED) is 0.328. The monoisotopic (exact) mass is 607 g/mol. The van der Waals surface area contributed by atoms with Crippen molar-refractivity contribution in [3.8, 4) is 11.5 Å². The van der Waals surface area contributed by atoms with Crippen molar-refractivity contribution in [2.24, 2.45) is 5.92 Å². The van der Waals surface area contributed by atoms with Crippen LogP contribution in [0.25, 0.3) is 0 Å². The fraction of sp³-hybridized carbons (Fsp3) is 0.559. The highest BCUT2D eigenvalue weighted by Gasteiger charge is 2.47. The SMILES string of the molecule is CCCCN(CCC[N+](C)(C)C)C(=O)CN1C[C@H](c2ccc3c(c2)OCO3)[C@@H](C(=O)O)[C@@H]1CCN1Cc2ccccc2C1=O. The van der Waals surface area contributed by atoms with E-state index in [1.807, 2.05) is 47.4 Å². The van der Waals surface area contributed by atoms with Crippen LogP contribution < -0.4 is 9.47 Å². The van der Waals surface area contributed by atoms with Gasteiger partial charge in [0.25, 0.3) is 5.91 Å². The van der Waals surface area contributed by atoms with E-state index in [0.29, 0.717) is 56.2 Å². The van der Waals surface area contributed by atoms with Crippen LogP contribution >= 0.6 is 0 Å². The maximum atomic E-state index is 13.9. The van der Waals surface area contributed by atoms with Gasteiger partial charge in [0.2, 0.25) is 12.7 Å². The van der Waals surface area contributed by atoms with Gasteiger partial charge in [-0.05, 0) is 42.2 Å². The van der Waals surface area contributed by atoms with Crippen molar-refractivity contribution in [3.05, 3.63) is 59.2 Å². The molecule has 10 nitrogen and oxygen atoms in total. The Morgan fingerprint density at radius 1 is 1.05 bits per heavy atom. The highest BCUT2D eigenvalue weighted by Crippen LogP contribution is 2.43. The summed E-state index contributed by atoms with van der Waals surface area (Å²) in [5.74, 6) is -0.710. The van der Waals surface area contributed by atoms with Gasteiger partial charge in [-0.15, -0.1) is 0 Å². The molecule has 238 valence electrons. The van der Waals surface area contributed by atoms with Crippen molar-refractivity contribution >= 4 is 17.8 Å². The fourth-order valence-corrected chi connectivity index (χ4v) is 6.84. The number of rotatable bonds is 14. The van der Waals surface area contributed by atoms with E-state index in [2.05, 4.69) is 33.0 Å². The Labute approximate surface area is 260 Å². The van der Waals surface area contributed by atoms with Gasteiger partial charge in [0.15, 0.2) is 11.5 Å². The van der Waals surface area contributed by atoms with E-state index in [-0.39, 0.29) is 31.1 Å². The Bertz CT molecular complexity index is 1360. The number of likely N-dealkylation sites (tertiary alicyclic amines) is 1. The van der Waals surface area contributed by atoms with E-state index in [1.165, 1.54) is 0 Å². The largest absolute Gasteiger partial charge is 0.481 e. The zero-order valence-electron chi connectivity index (χ0n) is 26.5. The Hall–Kier alpha value is -3.63. The molecule has 2 aromatic carbocycles. The number of aliphatic carboxylic acids is 1. The summed E-state index contributed by atoms with van der Waals surface area (Å²) in [5, 5.41) is 10.6. The molecule has 1 fully saturated rings. The van der Waals surface area contributed by atoms with E-state index >= 15 is 0 Å². The molecule has 0 saturated carbocycles. The topological polar surface area (TPSA) is 99.6 Å². The van der Waals surface area contributed by atoms with Crippen LogP contribution in [-0.2, 0) is 16.1 Å². The van der Waals surface area contributed by atoms with E-state index in [0.717, 1.165) is 41.4 Å². The lowest BCUT2D eigenvalue weighted by Crippen LogP contribution is -2.46. The Kier molecular flexibility index (Phi) is 9.80. The number of fused-ring (bicyclic) bond motifs is 2. The van der Waals surface area contributed by atoms with E-state index in [4.69, 9.17) is 9.47 Å². The lowest BCUT2D eigenvalue weighted by molar-refractivity contribution is -0.870. The molecule has 44 heavy (non-hydrogen) atoms. The summed E-state index contributed by atoms with van der Waals surface area (Å²) in [4.78, 5) is 45.8. The van der Waals surface area contributed by atoms with Crippen molar-refractivity contribution in [1.29, 1.82) is 0 Å². The highest BCUT2D eigenvalue weighted by molar-refractivity contribution is 5.98. The number of amides is 2. The number of carboxylic acid groups (broad SMARTS) is 1. The second kappa shape index (κ2) is 13.6. The molecule has 0 radical (unpaired) electrons. The van der Waals surface area contributed by atoms with Crippen molar-refractivity contribution in [1.82, 2.24) is 14.7 Å². The summed E-state index contributed by atoms with van der Waals surface area (Å²) >= 11 is 0. The van der Waals surface area contributed by atoms with Crippen LogP contribution in [-0.4, -0.2) is 115 Å². The van der Waals surface area contributed by atoms with Crippen LogP contribution in [0.1, 0.15) is 60.0 Å². The van der Waals surface area contributed by atoms with Crippen molar-refractivity contribution in [2.75, 3.05) is 67.2 Å². The van der Waals surface area contributed by atoms with Gasteiger partial charge in [0.1, 0.15) is 0 Å². The minimum Gasteiger partial charge on any atom is -0.481 e. The molecule has 3 atom stereocenters. The predicted octanol–water partition coefficient (Wildman–Crippen LogP) is 3.66. The van der Waals surface area contributed by atoms with Crippen LogP contribution in [0.3, 0.4) is 0 Å². The molecule has 3 heterocycles. The Balaban J connectivity index is 1.37. The minimum atomic E-state index is -0.894. The van der Waals surface area contributed by atoms with Gasteiger partial charge >= 0.3 is 5.97 Å². The molecule has 0 spiro atoms. The number of carbonyl (C=O) groups is 3. The number of hydrogen-bond acceptors (Lipinski definition) is 6. The number of unbranched alkanes of at least 4 members (excludes halogenated alkanes) is 1. The first-order valence-corrected chi connectivity index (χ1v) is 15.9. The molecule has 0 aromatic heterocycles. The van der Waals surface area contributed by atoms with Gasteiger partial charge in [0, 0.05) is 56.7 Å². The average Bonchev–Trinajstić information content (AvgIpc) is 3.68. The predicted molar refractivity (Wildman–Crippen MR) is 167 cm³/mol. The van der Waals surface area contributed by atoms with Crippen LogP contribution in [0.15, 0.2) is 42.5 Å². The minimum absolute atomic E-state index is 0.0246. The molecule has 2 aromatic rings. The van der Waals surface area contributed by atoms with Crippen LogP contribution in [0.2, 0.25) is 0 Å². The normalized spacial score (nSPS) is 21.1. The zero-order valence-corrected chi connectivity index (χ0v) is 26.5. The van der Waals surface area contributed by atoms with E-state index in [9.17, 15) is 19.5 Å². The molecule has 3 aliphatic rings. The van der Waals surface area contributed by atoms with Gasteiger partial charge < -0.3 is 28.9 Å². The van der Waals surface area contributed by atoms with Gasteiger partial charge in [-0.2, -0.15) is 0 Å². The molecule has 2 amide bonds. The third kappa shape index (κ3) is 7.18. The molecule has 3 aliphatic heterocycles. The van der Waals surface area contributed by atoms with Gasteiger partial charge in [-0.3, -0.25) is 19.3 Å². The maximum absolute atomic E-state index is 13.9. The number of carbonyl (C=O) groups excluding carboxylic acids is 2. The molecule has 0 bridgehead atoms. The Morgan fingerprint density at radius 2 is 1.80 bits per heavy atom. The number of hydrogen-bond donors (Lipinski definition) is 1. The number of carboxylic acids is 1. The van der Waals surface area contributed by atoms with E-state index < -0.39 is 17.9 Å². The lowest BCUT2D eigenvalue weighted by atomic mass is 9.84. The summed E-state index contributed by atoms with van der Waals surface area (Å²) in [5.41, 5.74) is 2.56. The van der Waals surface area contributed by atoms with Crippen LogP contribution in [0.5, 0.6) is 11.5 Å². The third-order valence-corrected chi connectivity index (χ3v) is 9.18. The van der Waals surface area contributed by atoms with Gasteiger partial charge in [0.05, 0.1) is 40.2 Å². The molecule has 1 saturated heterocycles. The second-order valence-corrected chi connectivity index (χ2v) is 13.4. The number of ether oxygens (including phenoxy) is 2. The molecular weight excluding hydrogens is 560 g/mol. The number of nitrogens with zero attached hydrogens (tertiary/aromatic N) is 4. The first-order chi connectivity index (χ1) is 21.1. The first-order valence-electron chi connectivity index (χ1n) is 15.9. The van der Waals surface area contributed by atoms with Crippen molar-refractivity contribution in [2.45, 2.75) is 51.1 Å². The fourth-order valence-electron chi connectivity index (χ4n) is 6.84. The summed E-state index contributed by atoms with van der Waals surface area (Å²) in [7, 11) is 6.46. The molecular formula is C34H47N4O6+. The van der Waals surface area contributed by atoms with E-state index in [1.54, 1.807) is 4.90 Å². The first kappa shape index (κ1) is 31.8. The second-order valence-electron chi connectivity index (χ2n) is 13.4. The molecule has 1 N–H and O–H groups in total. The van der Waals surface area contributed by atoms with Crippen molar-refractivity contribution in [3.63, 3.8) is 0 Å². The molecule has 0 aliphatic carbocycles. The molecule has 10 heteroatoms. The number of benzene rings is 2. The Morgan fingerprint density at radius 3 is 2.52 bits per heavy atom. The highest BCUT2D eigenvalue weighted by atomic mass is 16.7. The maximum Gasteiger partial charge on any atom is 0.308 e. The summed E-state index contributed by atoms with van der Waals surface area (Å²) in [6, 6.07) is 12.8. The van der Waals surface area contributed by atoms with Crippen molar-refractivity contribution < 1.29 is 33.4 Å². The van der Waals surface area contributed by atoms with Crippen LogP contribution in [0.4, 0.5) is 0 Å². The number of quaternary nitrogens is 1. The molecule has 5 rings (SSSR count). The zero-order chi connectivity index (χ0) is 31.4.